The zero-order valence-corrected chi connectivity index (χ0v) is 11.5. The molecule has 0 fully saturated rings. The van der Waals surface area contributed by atoms with Gasteiger partial charge in [0.15, 0.2) is 0 Å². The van der Waals surface area contributed by atoms with Crippen molar-refractivity contribution in [3.05, 3.63) is 17.7 Å². The minimum atomic E-state index is -4.47. The summed E-state index contributed by atoms with van der Waals surface area (Å²) in [6.45, 7) is 2.44. The molecule has 0 aliphatic carbocycles. The number of anilines is 2. The standard InChI is InChI=1S/C12H17F3N4O2/c1-2-3-17-9-6-8(12(13,14)15)7-10(19-9)18-4-5-21-11(16)20/h6-7H,2-5H2,1H3,(H2,16,20)(H2,17,18,19). The van der Waals surface area contributed by atoms with E-state index in [4.69, 9.17) is 5.73 Å². The number of alkyl halides is 3. The molecule has 1 amide bonds. The van der Waals surface area contributed by atoms with Crippen LogP contribution in [0.2, 0.25) is 0 Å². The molecule has 0 saturated carbocycles. The maximum absolute atomic E-state index is 12.8. The summed E-state index contributed by atoms with van der Waals surface area (Å²) in [7, 11) is 0. The topological polar surface area (TPSA) is 89.3 Å². The van der Waals surface area contributed by atoms with Crippen molar-refractivity contribution in [1.29, 1.82) is 0 Å². The van der Waals surface area contributed by atoms with E-state index >= 15 is 0 Å². The number of aromatic nitrogens is 1. The Balaban J connectivity index is 2.78. The van der Waals surface area contributed by atoms with Crippen LogP contribution in [0.5, 0.6) is 0 Å². The molecule has 1 heterocycles. The third-order valence-corrected chi connectivity index (χ3v) is 2.36. The van der Waals surface area contributed by atoms with Crippen LogP contribution in [0.1, 0.15) is 18.9 Å². The zero-order valence-electron chi connectivity index (χ0n) is 11.5. The molecule has 0 aliphatic heterocycles. The molecule has 0 aromatic carbocycles. The third-order valence-electron chi connectivity index (χ3n) is 2.36. The number of nitrogens with two attached hydrogens (primary N) is 1. The van der Waals surface area contributed by atoms with Gasteiger partial charge in [-0.3, -0.25) is 0 Å². The van der Waals surface area contributed by atoms with Crippen LogP contribution in [0.4, 0.5) is 29.6 Å². The molecular formula is C12H17F3N4O2. The lowest BCUT2D eigenvalue weighted by Gasteiger charge is -2.13. The first-order chi connectivity index (χ1) is 9.82. The molecule has 9 heteroatoms. The monoisotopic (exact) mass is 306 g/mol. The van der Waals surface area contributed by atoms with Gasteiger partial charge >= 0.3 is 12.3 Å². The van der Waals surface area contributed by atoms with E-state index in [9.17, 15) is 18.0 Å². The number of carbonyl (C=O) groups excluding carboxylic acids is 1. The molecule has 21 heavy (non-hydrogen) atoms. The predicted octanol–water partition coefficient (Wildman–Crippen LogP) is 2.43. The first-order valence-electron chi connectivity index (χ1n) is 6.32. The molecule has 0 spiro atoms. The summed E-state index contributed by atoms with van der Waals surface area (Å²) in [5, 5.41) is 5.44. The number of nitrogens with zero attached hydrogens (tertiary/aromatic N) is 1. The molecule has 0 saturated heterocycles. The fourth-order valence-corrected chi connectivity index (χ4v) is 1.46. The maximum Gasteiger partial charge on any atom is 0.416 e. The van der Waals surface area contributed by atoms with Gasteiger partial charge in [-0.15, -0.1) is 0 Å². The van der Waals surface area contributed by atoms with Crippen LogP contribution in [0.25, 0.3) is 0 Å². The molecular weight excluding hydrogens is 289 g/mol. The largest absolute Gasteiger partial charge is 0.448 e. The Morgan fingerprint density at radius 2 is 1.86 bits per heavy atom. The van der Waals surface area contributed by atoms with Crippen molar-refractivity contribution in [1.82, 2.24) is 4.98 Å². The molecule has 0 aliphatic rings. The van der Waals surface area contributed by atoms with Crippen molar-refractivity contribution >= 4 is 17.7 Å². The van der Waals surface area contributed by atoms with Gasteiger partial charge < -0.3 is 21.1 Å². The van der Waals surface area contributed by atoms with Gasteiger partial charge in [0.1, 0.15) is 18.2 Å². The van der Waals surface area contributed by atoms with Crippen molar-refractivity contribution < 1.29 is 22.7 Å². The number of rotatable bonds is 7. The normalized spacial score (nSPS) is 11.0. The summed E-state index contributed by atoms with van der Waals surface area (Å²) in [5.41, 5.74) is 3.96. The highest BCUT2D eigenvalue weighted by atomic mass is 19.4. The van der Waals surface area contributed by atoms with E-state index in [1.807, 2.05) is 6.92 Å². The van der Waals surface area contributed by atoms with Gasteiger partial charge in [-0.1, -0.05) is 6.92 Å². The van der Waals surface area contributed by atoms with E-state index in [0.29, 0.717) is 6.54 Å². The van der Waals surface area contributed by atoms with Crippen LogP contribution < -0.4 is 16.4 Å². The summed E-state index contributed by atoms with van der Waals surface area (Å²) in [6, 6.07) is 1.84. The Morgan fingerprint density at radius 1 is 1.29 bits per heavy atom. The van der Waals surface area contributed by atoms with Gasteiger partial charge in [0.25, 0.3) is 0 Å². The van der Waals surface area contributed by atoms with Gasteiger partial charge in [0.05, 0.1) is 12.1 Å². The lowest BCUT2D eigenvalue weighted by atomic mass is 10.2. The summed E-state index contributed by atoms with van der Waals surface area (Å²) >= 11 is 0. The van der Waals surface area contributed by atoms with E-state index in [0.717, 1.165) is 18.6 Å². The van der Waals surface area contributed by atoms with E-state index in [2.05, 4.69) is 20.4 Å². The number of ether oxygens (including phenoxy) is 1. The summed E-state index contributed by atoms with van der Waals surface area (Å²) in [4.78, 5) is 14.4. The number of hydrogen-bond acceptors (Lipinski definition) is 5. The number of pyridine rings is 1. The molecule has 118 valence electrons. The first-order valence-corrected chi connectivity index (χ1v) is 6.32. The lowest BCUT2D eigenvalue weighted by Crippen LogP contribution is -2.19. The smallest absolute Gasteiger partial charge is 0.416 e. The van der Waals surface area contributed by atoms with Crippen molar-refractivity contribution in [3.63, 3.8) is 0 Å². The number of nitrogens with one attached hydrogen (secondary N) is 2. The zero-order chi connectivity index (χ0) is 15.9. The highest BCUT2D eigenvalue weighted by Gasteiger charge is 2.31. The highest BCUT2D eigenvalue weighted by Crippen LogP contribution is 2.32. The van der Waals surface area contributed by atoms with Gasteiger partial charge in [-0.25, -0.2) is 9.78 Å². The third kappa shape index (κ3) is 6.19. The van der Waals surface area contributed by atoms with Crippen LogP contribution in [0, 0.1) is 0 Å². The SMILES string of the molecule is CCCNc1cc(C(F)(F)F)cc(NCCOC(N)=O)n1. The summed E-state index contributed by atoms with van der Waals surface area (Å²) in [5.74, 6) is 0.168. The number of hydrogen-bond donors (Lipinski definition) is 3. The minimum absolute atomic E-state index is 0.0384. The Hall–Kier alpha value is -2.19. The second kappa shape index (κ2) is 7.55. The molecule has 4 N–H and O–H groups in total. The Bertz CT molecular complexity index is 480. The van der Waals surface area contributed by atoms with Crippen molar-refractivity contribution in [2.45, 2.75) is 19.5 Å². The van der Waals surface area contributed by atoms with Gasteiger partial charge in [0, 0.05) is 6.54 Å². The molecule has 1 aromatic rings. The number of primary amides is 1. The Morgan fingerprint density at radius 3 is 2.33 bits per heavy atom. The van der Waals surface area contributed by atoms with Gasteiger partial charge in [0.2, 0.25) is 0 Å². The number of amides is 1. The van der Waals surface area contributed by atoms with Crippen LogP contribution >= 0.6 is 0 Å². The summed E-state index contributed by atoms with van der Waals surface area (Å²) < 4.78 is 42.9. The highest BCUT2D eigenvalue weighted by molar-refractivity contribution is 5.64. The molecule has 0 radical (unpaired) electrons. The second-order valence-corrected chi connectivity index (χ2v) is 4.15. The van der Waals surface area contributed by atoms with Crippen LogP contribution in [-0.2, 0) is 10.9 Å². The Labute approximate surface area is 119 Å². The van der Waals surface area contributed by atoms with E-state index in [-0.39, 0.29) is 24.8 Å². The molecule has 6 nitrogen and oxygen atoms in total. The quantitative estimate of drug-likeness (QED) is 0.673. The van der Waals surface area contributed by atoms with Crippen molar-refractivity contribution in [2.75, 3.05) is 30.3 Å². The van der Waals surface area contributed by atoms with Crippen molar-refractivity contribution in [3.8, 4) is 0 Å². The van der Waals surface area contributed by atoms with Crippen LogP contribution in [0.15, 0.2) is 12.1 Å². The summed E-state index contributed by atoms with van der Waals surface area (Å²) in [6.07, 6.45) is -4.65. The molecule has 1 rings (SSSR count). The average Bonchev–Trinajstić information content (AvgIpc) is 2.40. The molecule has 0 atom stereocenters. The predicted molar refractivity (Wildman–Crippen MR) is 72.0 cm³/mol. The van der Waals surface area contributed by atoms with Gasteiger partial charge in [-0.05, 0) is 18.6 Å². The fraction of sp³-hybridized carbons (Fsp3) is 0.500. The minimum Gasteiger partial charge on any atom is -0.448 e. The first kappa shape index (κ1) is 16.9. The maximum atomic E-state index is 12.8. The number of halogens is 3. The molecule has 0 bridgehead atoms. The van der Waals surface area contributed by atoms with Crippen LogP contribution in [-0.4, -0.2) is 30.8 Å². The fourth-order valence-electron chi connectivity index (χ4n) is 1.46. The number of carbonyl (C=O) groups is 1. The Kier molecular flexibility index (Phi) is 6.07. The van der Waals surface area contributed by atoms with Crippen LogP contribution in [0.3, 0.4) is 0 Å². The van der Waals surface area contributed by atoms with E-state index in [1.54, 1.807) is 0 Å². The van der Waals surface area contributed by atoms with Crippen molar-refractivity contribution in [2.24, 2.45) is 5.73 Å². The molecule has 0 unspecified atom stereocenters. The van der Waals surface area contributed by atoms with E-state index < -0.39 is 17.8 Å². The van der Waals surface area contributed by atoms with Gasteiger partial charge in [-0.2, -0.15) is 13.2 Å². The average molecular weight is 306 g/mol. The van der Waals surface area contributed by atoms with E-state index in [1.165, 1.54) is 0 Å². The lowest BCUT2D eigenvalue weighted by molar-refractivity contribution is -0.137. The second-order valence-electron chi connectivity index (χ2n) is 4.15. The molecule has 1 aromatic heterocycles.